The smallest absolute Gasteiger partial charge is 0.262 e. The fourth-order valence-electron chi connectivity index (χ4n) is 3.50. The maximum absolute atomic E-state index is 13.4. The van der Waals surface area contributed by atoms with Crippen molar-refractivity contribution >= 4 is 22.7 Å². The normalized spacial score (nSPS) is 12.1. The summed E-state index contributed by atoms with van der Waals surface area (Å²) in [6.45, 7) is 2.06. The highest BCUT2D eigenvalue weighted by Crippen LogP contribution is 2.25. The van der Waals surface area contributed by atoms with Gasteiger partial charge in [-0.25, -0.2) is 4.98 Å². The summed E-state index contributed by atoms with van der Waals surface area (Å²) >= 11 is 1.62. The monoisotopic (exact) mass is 416 g/mol. The number of hydrogen-bond acceptors (Lipinski definition) is 4. The lowest BCUT2D eigenvalue weighted by Crippen LogP contribution is -2.27. The van der Waals surface area contributed by atoms with Crippen molar-refractivity contribution in [1.29, 1.82) is 0 Å². The topological polar surface area (TPSA) is 44.1 Å². The summed E-state index contributed by atoms with van der Waals surface area (Å²) in [5.41, 5.74) is 3.07. The Morgan fingerprint density at radius 1 is 0.967 bits per heavy atom. The molecule has 4 rings (SSSR count). The lowest BCUT2D eigenvalue weighted by Gasteiger charge is -2.20. The number of para-hydroxylation sites is 1. The molecule has 0 bridgehead atoms. The van der Waals surface area contributed by atoms with Gasteiger partial charge in [0, 0.05) is 5.75 Å². The molecule has 30 heavy (non-hydrogen) atoms. The summed E-state index contributed by atoms with van der Waals surface area (Å²) in [7, 11) is 1.67. The minimum Gasteiger partial charge on any atom is -0.497 e. The Balaban J connectivity index is 1.65. The fraction of sp³-hybridized carbons (Fsp3) is 0.200. The second-order valence-corrected chi connectivity index (χ2v) is 8.18. The van der Waals surface area contributed by atoms with Crippen molar-refractivity contribution in [2.75, 3.05) is 12.9 Å². The zero-order valence-corrected chi connectivity index (χ0v) is 17.9. The van der Waals surface area contributed by atoms with E-state index >= 15 is 0 Å². The zero-order valence-electron chi connectivity index (χ0n) is 17.1. The molecule has 0 aliphatic rings. The van der Waals surface area contributed by atoms with Gasteiger partial charge in [0.05, 0.1) is 24.1 Å². The molecule has 3 aromatic carbocycles. The summed E-state index contributed by atoms with van der Waals surface area (Å²) < 4.78 is 7.06. The summed E-state index contributed by atoms with van der Waals surface area (Å²) in [5, 5.41) is 1.41. The standard InChI is InChI=1S/C25H24N2O2S/c1-18(20-8-4-3-5-9-20)27-24(28)22-10-6-7-11-23(22)26-25(27)30-17-16-19-12-14-21(29-2)15-13-19/h3-15,18H,16-17H2,1-2H3/t18-/m1/s1. The van der Waals surface area contributed by atoms with Gasteiger partial charge < -0.3 is 4.74 Å². The van der Waals surface area contributed by atoms with Gasteiger partial charge in [-0.15, -0.1) is 0 Å². The highest BCUT2D eigenvalue weighted by atomic mass is 32.2. The first-order valence-electron chi connectivity index (χ1n) is 9.99. The highest BCUT2D eigenvalue weighted by molar-refractivity contribution is 7.99. The number of fused-ring (bicyclic) bond motifs is 1. The summed E-state index contributed by atoms with van der Waals surface area (Å²) in [6, 6.07) is 25.7. The Morgan fingerprint density at radius 2 is 1.67 bits per heavy atom. The van der Waals surface area contributed by atoms with E-state index in [1.165, 1.54) is 5.56 Å². The van der Waals surface area contributed by atoms with Gasteiger partial charge in [-0.2, -0.15) is 0 Å². The minimum absolute atomic E-state index is 0.00361. The molecular formula is C25H24N2O2S. The molecule has 0 saturated carbocycles. The molecule has 1 atom stereocenters. The van der Waals surface area contributed by atoms with E-state index < -0.39 is 0 Å². The number of rotatable bonds is 7. The Morgan fingerprint density at radius 3 is 2.40 bits per heavy atom. The minimum atomic E-state index is -0.0979. The van der Waals surface area contributed by atoms with Gasteiger partial charge >= 0.3 is 0 Å². The van der Waals surface area contributed by atoms with Crippen LogP contribution in [0.25, 0.3) is 10.9 Å². The first kappa shape index (κ1) is 20.2. The van der Waals surface area contributed by atoms with Crippen LogP contribution in [0, 0.1) is 0 Å². The molecule has 0 aliphatic carbocycles. The molecule has 0 fully saturated rings. The number of aromatic nitrogens is 2. The van der Waals surface area contributed by atoms with E-state index in [4.69, 9.17) is 9.72 Å². The third-order valence-electron chi connectivity index (χ3n) is 5.23. The molecule has 152 valence electrons. The number of ether oxygens (including phenoxy) is 1. The van der Waals surface area contributed by atoms with Gasteiger partial charge in [-0.05, 0) is 48.7 Å². The summed E-state index contributed by atoms with van der Waals surface area (Å²) in [4.78, 5) is 18.2. The van der Waals surface area contributed by atoms with Crippen molar-refractivity contribution in [1.82, 2.24) is 9.55 Å². The Kier molecular flexibility index (Phi) is 6.19. The molecule has 1 heterocycles. The van der Waals surface area contributed by atoms with E-state index in [2.05, 4.69) is 31.2 Å². The predicted molar refractivity (Wildman–Crippen MR) is 124 cm³/mol. The van der Waals surface area contributed by atoms with Gasteiger partial charge in [-0.1, -0.05) is 66.4 Å². The van der Waals surface area contributed by atoms with Crippen LogP contribution in [0.4, 0.5) is 0 Å². The van der Waals surface area contributed by atoms with E-state index in [0.29, 0.717) is 5.39 Å². The number of aryl methyl sites for hydroxylation is 1. The van der Waals surface area contributed by atoms with Crippen LogP contribution in [0.5, 0.6) is 5.75 Å². The first-order chi connectivity index (χ1) is 14.7. The maximum atomic E-state index is 13.4. The van der Waals surface area contributed by atoms with Crippen LogP contribution in [0.15, 0.2) is 88.8 Å². The van der Waals surface area contributed by atoms with Crippen molar-refractivity contribution in [3.63, 3.8) is 0 Å². The van der Waals surface area contributed by atoms with Crippen LogP contribution in [0.3, 0.4) is 0 Å². The Hall–Kier alpha value is -3.05. The molecule has 4 nitrogen and oxygen atoms in total. The first-order valence-corrected chi connectivity index (χ1v) is 11.0. The van der Waals surface area contributed by atoms with E-state index in [9.17, 15) is 4.79 Å². The van der Waals surface area contributed by atoms with Crippen molar-refractivity contribution in [2.45, 2.75) is 24.5 Å². The van der Waals surface area contributed by atoms with E-state index in [-0.39, 0.29) is 11.6 Å². The molecule has 0 spiro atoms. The van der Waals surface area contributed by atoms with Crippen molar-refractivity contribution in [2.24, 2.45) is 0 Å². The number of thioether (sulfide) groups is 1. The van der Waals surface area contributed by atoms with Gasteiger partial charge in [0.1, 0.15) is 5.75 Å². The van der Waals surface area contributed by atoms with Crippen LogP contribution >= 0.6 is 11.8 Å². The predicted octanol–water partition coefficient (Wildman–Crippen LogP) is 5.35. The third-order valence-corrected chi connectivity index (χ3v) is 6.18. The molecule has 0 saturated heterocycles. The van der Waals surface area contributed by atoms with E-state index in [0.717, 1.165) is 34.2 Å². The fourth-order valence-corrected chi connectivity index (χ4v) is 4.57. The quantitative estimate of drug-likeness (QED) is 0.301. The van der Waals surface area contributed by atoms with Crippen molar-refractivity contribution < 1.29 is 4.74 Å². The molecule has 4 aromatic rings. The maximum Gasteiger partial charge on any atom is 0.262 e. The molecular weight excluding hydrogens is 392 g/mol. The summed E-state index contributed by atoms with van der Waals surface area (Å²) in [6.07, 6.45) is 0.886. The average molecular weight is 417 g/mol. The number of nitrogens with zero attached hydrogens (tertiary/aromatic N) is 2. The summed E-state index contributed by atoms with van der Waals surface area (Å²) in [5.74, 6) is 1.69. The second-order valence-electron chi connectivity index (χ2n) is 7.12. The number of benzene rings is 3. The molecule has 1 aromatic heterocycles. The van der Waals surface area contributed by atoms with Gasteiger partial charge in [0.2, 0.25) is 0 Å². The second kappa shape index (κ2) is 9.18. The third kappa shape index (κ3) is 4.26. The molecule has 5 heteroatoms. The van der Waals surface area contributed by atoms with E-state index in [1.54, 1.807) is 18.9 Å². The largest absolute Gasteiger partial charge is 0.497 e. The van der Waals surface area contributed by atoms with Gasteiger partial charge in [-0.3, -0.25) is 9.36 Å². The zero-order chi connectivity index (χ0) is 20.9. The van der Waals surface area contributed by atoms with Crippen LogP contribution in [-0.4, -0.2) is 22.4 Å². The number of hydrogen-bond donors (Lipinski definition) is 0. The van der Waals surface area contributed by atoms with Crippen LogP contribution < -0.4 is 10.3 Å². The Bertz CT molecular complexity index is 1190. The molecule has 0 radical (unpaired) electrons. The highest BCUT2D eigenvalue weighted by Gasteiger charge is 2.17. The van der Waals surface area contributed by atoms with Crippen molar-refractivity contribution in [3.8, 4) is 5.75 Å². The van der Waals surface area contributed by atoms with Crippen LogP contribution in [-0.2, 0) is 6.42 Å². The van der Waals surface area contributed by atoms with Crippen LogP contribution in [0.2, 0.25) is 0 Å². The molecule has 0 unspecified atom stereocenters. The lowest BCUT2D eigenvalue weighted by molar-refractivity contribution is 0.414. The average Bonchev–Trinajstić information content (AvgIpc) is 2.80. The molecule has 0 aliphatic heterocycles. The van der Waals surface area contributed by atoms with Gasteiger partial charge in [0.15, 0.2) is 5.16 Å². The van der Waals surface area contributed by atoms with Gasteiger partial charge in [0.25, 0.3) is 5.56 Å². The Labute approximate surface area is 180 Å². The lowest BCUT2D eigenvalue weighted by atomic mass is 10.1. The van der Waals surface area contributed by atoms with Crippen molar-refractivity contribution in [3.05, 3.63) is 100 Å². The molecule has 0 N–H and O–H groups in total. The van der Waals surface area contributed by atoms with Crippen LogP contribution in [0.1, 0.15) is 24.1 Å². The molecule has 0 amide bonds. The SMILES string of the molecule is COc1ccc(CCSc2nc3ccccc3c(=O)n2[C@H](C)c2ccccc2)cc1. The number of methoxy groups -OCH3 is 1. The van der Waals surface area contributed by atoms with E-state index in [1.807, 2.05) is 59.2 Å².